The van der Waals surface area contributed by atoms with E-state index in [0.29, 0.717) is 17.3 Å². The largest absolute Gasteiger partial charge is 0.388 e. The maximum absolute atomic E-state index is 10.6. The van der Waals surface area contributed by atoms with E-state index in [1.165, 1.54) is 6.07 Å². The molecular formula is C9H10BrNO3. The molecule has 0 radical (unpaired) electrons. The lowest BCUT2D eigenvalue weighted by atomic mass is 10.1. The van der Waals surface area contributed by atoms with Crippen molar-refractivity contribution in [3.63, 3.8) is 0 Å². The van der Waals surface area contributed by atoms with E-state index in [4.69, 9.17) is 0 Å². The van der Waals surface area contributed by atoms with Crippen LogP contribution in [-0.2, 0) is 0 Å². The molecule has 0 bridgehead atoms. The van der Waals surface area contributed by atoms with Gasteiger partial charge in [0, 0.05) is 11.4 Å². The molecule has 14 heavy (non-hydrogen) atoms. The van der Waals surface area contributed by atoms with E-state index in [-0.39, 0.29) is 5.69 Å². The lowest BCUT2D eigenvalue weighted by Crippen LogP contribution is -2.02. The second kappa shape index (κ2) is 5.07. The molecule has 76 valence electrons. The summed E-state index contributed by atoms with van der Waals surface area (Å²) in [5, 5.41) is 20.8. The van der Waals surface area contributed by atoms with Gasteiger partial charge in [-0.05, 0) is 12.5 Å². The second-order valence-electron chi connectivity index (χ2n) is 2.81. The Morgan fingerprint density at radius 2 is 2.14 bits per heavy atom. The number of nitrogens with zero attached hydrogens (tertiary/aromatic N) is 1. The number of aliphatic hydroxyl groups excluding tert-OH is 1. The van der Waals surface area contributed by atoms with Gasteiger partial charge in [-0.3, -0.25) is 10.1 Å². The smallest absolute Gasteiger partial charge is 0.275 e. The van der Waals surface area contributed by atoms with Gasteiger partial charge in [-0.2, -0.15) is 0 Å². The Morgan fingerprint density at radius 3 is 2.71 bits per heavy atom. The molecule has 0 amide bonds. The van der Waals surface area contributed by atoms with Crippen molar-refractivity contribution in [3.05, 3.63) is 39.9 Å². The van der Waals surface area contributed by atoms with Crippen LogP contribution >= 0.6 is 15.9 Å². The average molecular weight is 260 g/mol. The number of rotatable bonds is 4. The Kier molecular flexibility index (Phi) is 4.03. The van der Waals surface area contributed by atoms with E-state index in [0.717, 1.165) is 0 Å². The minimum atomic E-state index is -0.782. The van der Waals surface area contributed by atoms with Crippen molar-refractivity contribution in [3.8, 4) is 0 Å². The number of nitro benzene ring substituents is 1. The third-order valence-corrected chi connectivity index (χ3v) is 2.33. The monoisotopic (exact) mass is 259 g/mol. The minimum Gasteiger partial charge on any atom is -0.388 e. The molecule has 1 aromatic rings. The molecule has 0 unspecified atom stereocenters. The van der Waals surface area contributed by atoms with E-state index in [1.54, 1.807) is 18.2 Å². The summed E-state index contributed by atoms with van der Waals surface area (Å²) in [6.07, 6.45) is -0.318. The van der Waals surface area contributed by atoms with Crippen molar-refractivity contribution >= 4 is 21.6 Å². The molecule has 0 aromatic heterocycles. The van der Waals surface area contributed by atoms with E-state index >= 15 is 0 Å². The Hall–Kier alpha value is -0.940. The van der Waals surface area contributed by atoms with Gasteiger partial charge in [-0.15, -0.1) is 0 Å². The summed E-state index contributed by atoms with van der Waals surface area (Å²) in [5.41, 5.74) is 0.345. The Bertz CT molecular complexity index is 330. The van der Waals surface area contributed by atoms with Crippen LogP contribution < -0.4 is 0 Å². The van der Waals surface area contributed by atoms with Crippen molar-refractivity contribution < 1.29 is 10.0 Å². The quantitative estimate of drug-likeness (QED) is 0.513. The van der Waals surface area contributed by atoms with Crippen LogP contribution in [0.1, 0.15) is 18.1 Å². The lowest BCUT2D eigenvalue weighted by molar-refractivity contribution is -0.386. The summed E-state index contributed by atoms with van der Waals surface area (Å²) in [6.45, 7) is 0. The van der Waals surface area contributed by atoms with Gasteiger partial charge in [0.2, 0.25) is 0 Å². The van der Waals surface area contributed by atoms with Crippen LogP contribution in [0.2, 0.25) is 0 Å². The lowest BCUT2D eigenvalue weighted by Gasteiger charge is -2.08. The van der Waals surface area contributed by atoms with Gasteiger partial charge in [0.25, 0.3) is 5.69 Å². The van der Waals surface area contributed by atoms with Gasteiger partial charge < -0.3 is 5.11 Å². The van der Waals surface area contributed by atoms with Gasteiger partial charge in [-0.25, -0.2) is 0 Å². The van der Waals surface area contributed by atoms with Gasteiger partial charge in [0.15, 0.2) is 0 Å². The van der Waals surface area contributed by atoms with E-state index in [2.05, 4.69) is 15.9 Å². The molecule has 0 aliphatic rings. The highest BCUT2D eigenvalue weighted by molar-refractivity contribution is 9.09. The number of benzene rings is 1. The SMILES string of the molecule is O=[N+]([O-])c1ccccc1[C@@H](O)CCBr. The summed E-state index contributed by atoms with van der Waals surface area (Å²) < 4.78 is 0. The van der Waals surface area contributed by atoms with E-state index < -0.39 is 11.0 Å². The molecule has 4 nitrogen and oxygen atoms in total. The average Bonchev–Trinajstić information content (AvgIpc) is 2.18. The molecule has 0 spiro atoms. The highest BCUT2D eigenvalue weighted by atomic mass is 79.9. The molecule has 0 saturated heterocycles. The van der Waals surface area contributed by atoms with Gasteiger partial charge in [-0.1, -0.05) is 28.1 Å². The Morgan fingerprint density at radius 1 is 1.50 bits per heavy atom. The number of hydrogen-bond acceptors (Lipinski definition) is 3. The van der Waals surface area contributed by atoms with Crippen LogP contribution in [0.4, 0.5) is 5.69 Å². The number of hydrogen-bond donors (Lipinski definition) is 1. The second-order valence-corrected chi connectivity index (χ2v) is 3.60. The highest BCUT2D eigenvalue weighted by Gasteiger charge is 2.18. The molecule has 0 aliphatic carbocycles. The zero-order valence-electron chi connectivity index (χ0n) is 7.39. The molecule has 0 fully saturated rings. The minimum absolute atomic E-state index is 0.0269. The maximum Gasteiger partial charge on any atom is 0.275 e. The molecule has 0 heterocycles. The number of nitro groups is 1. The number of alkyl halides is 1. The van der Waals surface area contributed by atoms with Crippen LogP contribution in [0.15, 0.2) is 24.3 Å². The summed E-state index contributed by atoms with van der Waals surface area (Å²) in [7, 11) is 0. The molecule has 0 saturated carbocycles. The number of halogens is 1. The first-order chi connectivity index (χ1) is 6.66. The van der Waals surface area contributed by atoms with Gasteiger partial charge in [0.05, 0.1) is 16.6 Å². The Labute approximate surface area is 89.8 Å². The molecule has 1 aromatic carbocycles. The van der Waals surface area contributed by atoms with Crippen LogP contribution in [-0.4, -0.2) is 15.4 Å². The van der Waals surface area contributed by atoms with E-state index in [1.807, 2.05) is 0 Å². The highest BCUT2D eigenvalue weighted by Crippen LogP contribution is 2.26. The molecule has 1 N–H and O–H groups in total. The van der Waals surface area contributed by atoms with Crippen LogP contribution in [0, 0.1) is 10.1 Å². The van der Waals surface area contributed by atoms with Crippen molar-refractivity contribution in [2.75, 3.05) is 5.33 Å². The molecule has 1 atom stereocenters. The standard InChI is InChI=1S/C9H10BrNO3/c10-6-5-9(12)7-3-1-2-4-8(7)11(13)14/h1-4,9,12H,5-6H2/t9-/m0/s1. The fourth-order valence-electron chi connectivity index (χ4n) is 1.19. The predicted molar refractivity (Wildman–Crippen MR) is 56.5 cm³/mol. The number of aliphatic hydroxyl groups is 1. The van der Waals surface area contributed by atoms with Crippen LogP contribution in [0.25, 0.3) is 0 Å². The third kappa shape index (κ3) is 2.52. The molecule has 1 rings (SSSR count). The molecule has 0 aliphatic heterocycles. The normalized spacial score (nSPS) is 12.4. The zero-order valence-corrected chi connectivity index (χ0v) is 8.98. The first-order valence-corrected chi connectivity index (χ1v) is 5.26. The van der Waals surface area contributed by atoms with Crippen LogP contribution in [0.5, 0.6) is 0 Å². The van der Waals surface area contributed by atoms with E-state index in [9.17, 15) is 15.2 Å². The topological polar surface area (TPSA) is 63.4 Å². The Balaban J connectivity index is 3.00. The van der Waals surface area contributed by atoms with Gasteiger partial charge in [0.1, 0.15) is 0 Å². The molecular weight excluding hydrogens is 250 g/mol. The zero-order chi connectivity index (χ0) is 10.6. The van der Waals surface area contributed by atoms with Gasteiger partial charge >= 0.3 is 0 Å². The summed E-state index contributed by atoms with van der Waals surface area (Å²) in [4.78, 5) is 10.1. The van der Waals surface area contributed by atoms with Crippen molar-refractivity contribution in [1.29, 1.82) is 0 Å². The first-order valence-electron chi connectivity index (χ1n) is 4.14. The fraction of sp³-hybridized carbons (Fsp3) is 0.333. The third-order valence-electron chi connectivity index (χ3n) is 1.87. The predicted octanol–water partition coefficient (Wildman–Crippen LogP) is 2.41. The first kappa shape index (κ1) is 11.1. The maximum atomic E-state index is 10.6. The van der Waals surface area contributed by atoms with Crippen molar-refractivity contribution in [2.45, 2.75) is 12.5 Å². The fourth-order valence-corrected chi connectivity index (χ4v) is 1.63. The summed E-state index contributed by atoms with van der Waals surface area (Å²) >= 11 is 3.18. The van der Waals surface area contributed by atoms with Crippen LogP contribution in [0.3, 0.4) is 0 Å². The summed E-state index contributed by atoms with van der Waals surface area (Å²) in [6, 6.07) is 6.24. The van der Waals surface area contributed by atoms with Crippen molar-refractivity contribution in [1.82, 2.24) is 0 Å². The molecule has 5 heteroatoms. The summed E-state index contributed by atoms with van der Waals surface area (Å²) in [5.74, 6) is 0. The number of para-hydroxylation sites is 1. The van der Waals surface area contributed by atoms with Crippen molar-refractivity contribution in [2.24, 2.45) is 0 Å².